The Morgan fingerprint density at radius 2 is 0.931 bits per heavy atom. The maximum atomic E-state index is 2.50. The molecular formula is C27H36Si2. The summed E-state index contributed by atoms with van der Waals surface area (Å²) in [6, 6.07) is 18.5. The molecule has 4 rings (SSSR count). The van der Waals surface area contributed by atoms with Crippen LogP contribution in [0, 0.1) is 0 Å². The number of allylic oxidation sites excluding steroid dienone is 2. The largest absolute Gasteiger partial charge is 0.0783 e. The Kier molecular flexibility index (Phi) is 4.95. The highest BCUT2D eigenvalue weighted by Crippen LogP contribution is 2.54. The second-order valence-electron chi connectivity index (χ2n) is 11.1. The molecule has 2 aromatic rings. The smallest absolute Gasteiger partial charge is 0.0659 e. The van der Waals surface area contributed by atoms with E-state index in [1.54, 1.807) is 43.8 Å². The van der Waals surface area contributed by atoms with Crippen molar-refractivity contribution in [2.45, 2.75) is 71.4 Å². The Balaban J connectivity index is 1.82. The summed E-state index contributed by atoms with van der Waals surface area (Å²) in [6.07, 6.45) is 1.22. The minimum Gasteiger partial charge on any atom is -0.0659 e. The van der Waals surface area contributed by atoms with Gasteiger partial charge in [-0.15, -0.1) is 0 Å². The molecule has 29 heavy (non-hydrogen) atoms. The number of benzene rings is 2. The molecule has 0 N–H and O–H groups in total. The van der Waals surface area contributed by atoms with Crippen LogP contribution in [0.25, 0.3) is 10.4 Å². The minimum absolute atomic E-state index is 0.557. The van der Waals surface area contributed by atoms with Gasteiger partial charge < -0.3 is 0 Å². The highest BCUT2D eigenvalue weighted by molar-refractivity contribution is 6.94. The third kappa shape index (κ3) is 3.35. The Bertz CT molecular complexity index is 941. The summed E-state index contributed by atoms with van der Waals surface area (Å²) >= 11 is 0. The van der Waals surface area contributed by atoms with Crippen molar-refractivity contribution in [3.05, 3.63) is 81.9 Å². The SMILES string of the molecule is CC1=C([Si](C)(C)C)c2ccccc2C1CC1C(C)=C([Si](C)(C)C)c2ccccc21. The molecule has 2 unspecified atom stereocenters. The third-order valence-electron chi connectivity index (χ3n) is 7.02. The molecule has 0 heterocycles. The lowest BCUT2D eigenvalue weighted by molar-refractivity contribution is 0.642. The Labute approximate surface area is 179 Å². The van der Waals surface area contributed by atoms with Crippen LogP contribution < -0.4 is 0 Å². The van der Waals surface area contributed by atoms with Crippen LogP contribution >= 0.6 is 0 Å². The van der Waals surface area contributed by atoms with E-state index in [0.717, 1.165) is 0 Å². The van der Waals surface area contributed by atoms with Gasteiger partial charge in [-0.25, -0.2) is 0 Å². The molecule has 0 radical (unpaired) electrons. The maximum absolute atomic E-state index is 2.50. The molecular weight excluding hydrogens is 380 g/mol. The van der Waals surface area contributed by atoms with Gasteiger partial charge in [0.05, 0.1) is 16.1 Å². The van der Waals surface area contributed by atoms with Crippen LogP contribution in [0.3, 0.4) is 0 Å². The molecule has 0 amide bonds. The topological polar surface area (TPSA) is 0 Å². The van der Waals surface area contributed by atoms with Gasteiger partial charge in [0.2, 0.25) is 0 Å². The first-order chi connectivity index (χ1) is 13.5. The monoisotopic (exact) mass is 416 g/mol. The van der Waals surface area contributed by atoms with Crippen LogP contribution in [0.15, 0.2) is 59.7 Å². The maximum Gasteiger partial charge on any atom is 0.0783 e. The fourth-order valence-corrected chi connectivity index (χ4v) is 10.9. The van der Waals surface area contributed by atoms with Crippen molar-refractivity contribution in [1.82, 2.24) is 0 Å². The standard InChI is InChI=1S/C27H36Si2/c1-18-24(20-13-9-11-15-22(20)26(18)28(3,4)5)17-25-19(2)27(29(6,7)8)23-16-12-10-14-21(23)25/h9-16,24-25H,17H2,1-8H3. The number of hydrogen-bond acceptors (Lipinski definition) is 0. The van der Waals surface area contributed by atoms with Gasteiger partial charge in [0, 0.05) is 11.8 Å². The van der Waals surface area contributed by atoms with Crippen LogP contribution in [0.1, 0.15) is 54.4 Å². The summed E-state index contributed by atoms with van der Waals surface area (Å²) in [5.74, 6) is 1.11. The zero-order valence-corrected chi connectivity index (χ0v) is 21.5. The van der Waals surface area contributed by atoms with Gasteiger partial charge in [0.15, 0.2) is 0 Å². The van der Waals surface area contributed by atoms with Gasteiger partial charge in [-0.05, 0) is 42.5 Å². The van der Waals surface area contributed by atoms with Crippen LogP contribution in [-0.4, -0.2) is 16.1 Å². The van der Waals surface area contributed by atoms with E-state index >= 15 is 0 Å². The molecule has 0 spiro atoms. The number of rotatable bonds is 4. The van der Waals surface area contributed by atoms with E-state index in [-0.39, 0.29) is 0 Å². The van der Waals surface area contributed by atoms with Crippen molar-refractivity contribution in [3.63, 3.8) is 0 Å². The first kappa shape index (κ1) is 20.6. The van der Waals surface area contributed by atoms with Gasteiger partial charge in [0.1, 0.15) is 0 Å². The summed E-state index contributed by atoms with van der Waals surface area (Å²) in [7, 11) is -2.79. The van der Waals surface area contributed by atoms with Crippen molar-refractivity contribution in [2.75, 3.05) is 0 Å². The van der Waals surface area contributed by atoms with Crippen molar-refractivity contribution in [3.8, 4) is 0 Å². The van der Waals surface area contributed by atoms with E-state index < -0.39 is 16.1 Å². The van der Waals surface area contributed by atoms with Crippen molar-refractivity contribution in [2.24, 2.45) is 0 Å². The second-order valence-corrected chi connectivity index (χ2v) is 21.1. The Hall–Kier alpha value is -1.65. The van der Waals surface area contributed by atoms with Crippen molar-refractivity contribution in [1.29, 1.82) is 0 Å². The Morgan fingerprint density at radius 3 is 1.28 bits per heavy atom. The first-order valence-corrected chi connectivity index (χ1v) is 18.1. The molecule has 2 aromatic carbocycles. The average molecular weight is 417 g/mol. The lowest BCUT2D eigenvalue weighted by atomic mass is 9.82. The zero-order chi connectivity index (χ0) is 21.1. The molecule has 0 fully saturated rings. The molecule has 152 valence electrons. The quantitative estimate of drug-likeness (QED) is 0.440. The van der Waals surface area contributed by atoms with E-state index in [4.69, 9.17) is 0 Å². The Morgan fingerprint density at radius 1 is 0.586 bits per heavy atom. The van der Waals surface area contributed by atoms with Gasteiger partial charge in [0.25, 0.3) is 0 Å². The predicted octanol–water partition coefficient (Wildman–Crippen LogP) is 8.27. The summed E-state index contributed by atoms with van der Waals surface area (Å²) in [5.41, 5.74) is 9.55. The fraction of sp³-hybridized carbons (Fsp3) is 0.407. The van der Waals surface area contributed by atoms with Crippen molar-refractivity contribution < 1.29 is 0 Å². The van der Waals surface area contributed by atoms with Crippen molar-refractivity contribution >= 4 is 26.5 Å². The number of fused-ring (bicyclic) bond motifs is 2. The second kappa shape index (κ2) is 6.95. The molecule has 0 bridgehead atoms. The van der Waals surface area contributed by atoms with Crippen LogP contribution in [0.4, 0.5) is 0 Å². The van der Waals surface area contributed by atoms with Gasteiger partial charge >= 0.3 is 0 Å². The molecule has 2 atom stereocenters. The molecule has 2 aliphatic rings. The average Bonchev–Trinajstić information content (AvgIpc) is 3.06. The zero-order valence-electron chi connectivity index (χ0n) is 19.5. The molecule has 2 heteroatoms. The third-order valence-corrected chi connectivity index (χ3v) is 11.3. The molecule has 0 aliphatic heterocycles. The van der Waals surface area contributed by atoms with Gasteiger partial charge in [-0.2, -0.15) is 0 Å². The highest BCUT2D eigenvalue weighted by Gasteiger charge is 2.40. The molecule has 0 saturated carbocycles. The van der Waals surface area contributed by atoms with E-state index in [9.17, 15) is 0 Å². The summed E-state index contributed by atoms with van der Waals surface area (Å²) in [4.78, 5) is 0. The molecule has 0 saturated heterocycles. The summed E-state index contributed by atoms with van der Waals surface area (Å²) < 4.78 is 0. The molecule has 2 aliphatic carbocycles. The minimum atomic E-state index is -1.39. The fourth-order valence-electron chi connectivity index (χ4n) is 6.13. The van der Waals surface area contributed by atoms with Crippen LogP contribution in [-0.2, 0) is 0 Å². The highest BCUT2D eigenvalue weighted by atomic mass is 28.3. The first-order valence-electron chi connectivity index (χ1n) is 11.1. The van der Waals surface area contributed by atoms with E-state index in [1.165, 1.54) is 6.42 Å². The van der Waals surface area contributed by atoms with Crippen LogP contribution in [0.5, 0.6) is 0 Å². The van der Waals surface area contributed by atoms with E-state index in [2.05, 4.69) is 102 Å². The lowest BCUT2D eigenvalue weighted by Gasteiger charge is -2.24. The normalized spacial score (nSPS) is 21.7. The molecule has 0 nitrogen and oxygen atoms in total. The lowest BCUT2D eigenvalue weighted by Crippen LogP contribution is -2.23. The van der Waals surface area contributed by atoms with E-state index in [1.807, 2.05) is 0 Å². The molecule has 0 aromatic heterocycles. The predicted molar refractivity (Wildman–Crippen MR) is 135 cm³/mol. The summed E-state index contributed by atoms with van der Waals surface area (Å²) in [6.45, 7) is 19.9. The van der Waals surface area contributed by atoms with Crippen LogP contribution in [0.2, 0.25) is 39.3 Å². The van der Waals surface area contributed by atoms with Gasteiger partial charge in [-0.1, -0.05) is 109 Å². The van der Waals surface area contributed by atoms with E-state index in [0.29, 0.717) is 11.8 Å². The van der Waals surface area contributed by atoms with Gasteiger partial charge in [-0.3, -0.25) is 0 Å². The number of hydrogen-bond donors (Lipinski definition) is 0. The summed E-state index contributed by atoms with van der Waals surface area (Å²) in [5, 5.41) is 3.41.